The first-order valence-corrected chi connectivity index (χ1v) is 7.73. The molecule has 0 heterocycles. The number of carbonyl (C=O) groups is 2. The first kappa shape index (κ1) is 17.9. The van der Waals surface area contributed by atoms with Crippen LogP contribution >= 0.6 is 0 Å². The van der Waals surface area contributed by atoms with E-state index in [1.165, 1.54) is 37.5 Å². The highest BCUT2D eigenvalue weighted by Gasteiger charge is 2.25. The van der Waals surface area contributed by atoms with Crippen molar-refractivity contribution in [3.8, 4) is 0 Å². The maximum atomic E-state index is 12.2. The number of sulfonamides is 1. The molecule has 0 radical (unpaired) electrons. The molecule has 1 rings (SSSR count). The van der Waals surface area contributed by atoms with Crippen LogP contribution in [0.3, 0.4) is 0 Å². The van der Waals surface area contributed by atoms with Gasteiger partial charge in [-0.1, -0.05) is 6.08 Å². The summed E-state index contributed by atoms with van der Waals surface area (Å²) in [6, 6.07) is 4.07. The predicted molar refractivity (Wildman–Crippen MR) is 78.7 cm³/mol. The molecule has 0 aromatic heterocycles. The topological polar surface area (TPSA) is 98.8 Å². The molecule has 8 heteroatoms. The van der Waals surface area contributed by atoms with Crippen LogP contribution in [0.15, 0.2) is 41.8 Å². The summed E-state index contributed by atoms with van der Waals surface area (Å²) in [4.78, 5) is 22.8. The minimum atomic E-state index is -3.94. The smallest absolute Gasteiger partial charge is 0.337 e. The minimum Gasteiger partial charge on any atom is -0.468 e. The first-order chi connectivity index (χ1) is 10.4. The lowest BCUT2D eigenvalue weighted by Gasteiger charge is -2.15. The van der Waals surface area contributed by atoms with E-state index in [4.69, 9.17) is 0 Å². The fourth-order valence-corrected chi connectivity index (χ4v) is 2.84. The number of hydrogen-bond donors (Lipinski definition) is 1. The van der Waals surface area contributed by atoms with Crippen LogP contribution in [0.2, 0.25) is 0 Å². The molecule has 1 atom stereocenters. The van der Waals surface area contributed by atoms with Crippen molar-refractivity contribution in [1.82, 2.24) is 4.72 Å². The van der Waals surface area contributed by atoms with Gasteiger partial charge in [-0.05, 0) is 30.7 Å². The third-order valence-electron chi connectivity index (χ3n) is 2.77. The van der Waals surface area contributed by atoms with Gasteiger partial charge in [-0.3, -0.25) is 4.79 Å². The molecular formula is C14H17NO6S. The van der Waals surface area contributed by atoms with Crippen LogP contribution in [0.4, 0.5) is 0 Å². The van der Waals surface area contributed by atoms with Crippen LogP contribution < -0.4 is 4.72 Å². The monoisotopic (exact) mass is 327 g/mol. The van der Waals surface area contributed by atoms with Gasteiger partial charge in [-0.2, -0.15) is 4.72 Å². The van der Waals surface area contributed by atoms with Crippen molar-refractivity contribution >= 4 is 22.0 Å². The van der Waals surface area contributed by atoms with E-state index in [9.17, 15) is 18.0 Å². The zero-order chi connectivity index (χ0) is 16.8. The number of rotatable bonds is 7. The average molecular weight is 327 g/mol. The third kappa shape index (κ3) is 4.40. The Hall–Kier alpha value is -2.19. The van der Waals surface area contributed by atoms with Crippen molar-refractivity contribution in [2.75, 3.05) is 14.2 Å². The Kier molecular flexibility index (Phi) is 6.26. The standard InChI is InChI=1S/C14H17NO6S/c1-4-5-12(14(17)21-3)15-22(18,19)11-8-6-10(7-9-11)13(16)20-2/h4,6-9,12,15H,1,5H2,2-3H3. The van der Waals surface area contributed by atoms with E-state index < -0.39 is 28.0 Å². The van der Waals surface area contributed by atoms with Crippen molar-refractivity contribution in [1.29, 1.82) is 0 Å². The second kappa shape index (κ2) is 7.71. The number of esters is 2. The maximum Gasteiger partial charge on any atom is 0.337 e. The molecule has 1 aromatic carbocycles. The summed E-state index contributed by atoms with van der Waals surface area (Å²) < 4.78 is 35.7. The zero-order valence-corrected chi connectivity index (χ0v) is 13.1. The number of carbonyl (C=O) groups excluding carboxylic acids is 2. The zero-order valence-electron chi connectivity index (χ0n) is 12.2. The van der Waals surface area contributed by atoms with Gasteiger partial charge < -0.3 is 9.47 Å². The highest BCUT2D eigenvalue weighted by atomic mass is 32.2. The van der Waals surface area contributed by atoms with Crippen LogP contribution in [0.25, 0.3) is 0 Å². The number of hydrogen-bond acceptors (Lipinski definition) is 6. The molecule has 120 valence electrons. The van der Waals surface area contributed by atoms with E-state index in [1.54, 1.807) is 0 Å². The molecule has 0 saturated heterocycles. The predicted octanol–water partition coefficient (Wildman–Crippen LogP) is 0.869. The molecule has 0 aliphatic heterocycles. The SMILES string of the molecule is C=CCC(NS(=O)(=O)c1ccc(C(=O)OC)cc1)C(=O)OC. The minimum absolute atomic E-state index is 0.0851. The van der Waals surface area contributed by atoms with Crippen LogP contribution in [0.1, 0.15) is 16.8 Å². The highest BCUT2D eigenvalue weighted by Crippen LogP contribution is 2.13. The summed E-state index contributed by atoms with van der Waals surface area (Å²) in [5.41, 5.74) is 0.219. The van der Waals surface area contributed by atoms with Gasteiger partial charge in [0.2, 0.25) is 10.0 Å². The van der Waals surface area contributed by atoms with Crippen molar-refractivity contribution < 1.29 is 27.5 Å². The van der Waals surface area contributed by atoms with E-state index in [0.717, 1.165) is 7.11 Å². The van der Waals surface area contributed by atoms with Gasteiger partial charge in [0.15, 0.2) is 0 Å². The average Bonchev–Trinajstić information content (AvgIpc) is 2.52. The number of nitrogens with one attached hydrogen (secondary N) is 1. The maximum absolute atomic E-state index is 12.2. The Balaban J connectivity index is 3.00. The van der Waals surface area contributed by atoms with E-state index in [1.807, 2.05) is 0 Å². The van der Waals surface area contributed by atoms with Crippen molar-refractivity contribution in [2.45, 2.75) is 17.4 Å². The van der Waals surface area contributed by atoms with Crippen LogP contribution in [-0.4, -0.2) is 40.6 Å². The van der Waals surface area contributed by atoms with Gasteiger partial charge in [0.1, 0.15) is 6.04 Å². The van der Waals surface area contributed by atoms with Crippen LogP contribution in [0.5, 0.6) is 0 Å². The van der Waals surface area contributed by atoms with Crippen LogP contribution in [0, 0.1) is 0 Å². The normalized spacial score (nSPS) is 12.3. The van der Waals surface area contributed by atoms with Gasteiger partial charge in [0.25, 0.3) is 0 Å². The summed E-state index contributed by atoms with van der Waals surface area (Å²) in [6.45, 7) is 3.47. The summed E-state index contributed by atoms with van der Waals surface area (Å²) >= 11 is 0. The summed E-state index contributed by atoms with van der Waals surface area (Å²) in [5.74, 6) is -1.29. The molecule has 1 unspecified atom stereocenters. The lowest BCUT2D eigenvalue weighted by atomic mass is 10.2. The molecule has 0 amide bonds. The molecule has 0 saturated carbocycles. The lowest BCUT2D eigenvalue weighted by Crippen LogP contribution is -2.41. The summed E-state index contributed by atoms with van der Waals surface area (Å²) in [5, 5.41) is 0. The fourth-order valence-electron chi connectivity index (χ4n) is 1.64. The Morgan fingerprint density at radius 3 is 2.27 bits per heavy atom. The third-order valence-corrected chi connectivity index (χ3v) is 4.26. The molecule has 0 aliphatic rings. The fraction of sp³-hybridized carbons (Fsp3) is 0.286. The molecule has 22 heavy (non-hydrogen) atoms. The second-order valence-corrected chi connectivity index (χ2v) is 5.95. The highest BCUT2D eigenvalue weighted by molar-refractivity contribution is 7.89. The van der Waals surface area contributed by atoms with Gasteiger partial charge in [-0.25, -0.2) is 13.2 Å². The van der Waals surface area contributed by atoms with Gasteiger partial charge in [0, 0.05) is 0 Å². The number of benzene rings is 1. The lowest BCUT2D eigenvalue weighted by molar-refractivity contribution is -0.142. The molecule has 0 spiro atoms. The largest absolute Gasteiger partial charge is 0.468 e. The van der Waals surface area contributed by atoms with Crippen molar-refractivity contribution in [2.24, 2.45) is 0 Å². The number of methoxy groups -OCH3 is 2. The van der Waals surface area contributed by atoms with Crippen molar-refractivity contribution in [3.63, 3.8) is 0 Å². The Labute approximate surface area is 129 Å². The molecular weight excluding hydrogens is 310 g/mol. The van der Waals surface area contributed by atoms with Gasteiger partial charge >= 0.3 is 11.9 Å². The summed E-state index contributed by atoms with van der Waals surface area (Å²) in [6.07, 6.45) is 1.50. The Morgan fingerprint density at radius 1 is 1.23 bits per heavy atom. The molecule has 1 N–H and O–H groups in total. The van der Waals surface area contributed by atoms with Gasteiger partial charge in [-0.15, -0.1) is 6.58 Å². The van der Waals surface area contributed by atoms with E-state index >= 15 is 0 Å². The molecule has 1 aromatic rings. The van der Waals surface area contributed by atoms with Crippen molar-refractivity contribution in [3.05, 3.63) is 42.5 Å². The van der Waals surface area contributed by atoms with E-state index in [-0.39, 0.29) is 16.9 Å². The first-order valence-electron chi connectivity index (χ1n) is 6.25. The van der Waals surface area contributed by atoms with E-state index in [0.29, 0.717) is 0 Å². The molecule has 0 bridgehead atoms. The quantitative estimate of drug-likeness (QED) is 0.589. The Morgan fingerprint density at radius 2 is 1.82 bits per heavy atom. The molecule has 0 aliphatic carbocycles. The van der Waals surface area contributed by atoms with Crippen LogP contribution in [-0.2, 0) is 24.3 Å². The van der Waals surface area contributed by atoms with E-state index in [2.05, 4.69) is 20.8 Å². The second-order valence-electron chi connectivity index (χ2n) is 4.24. The van der Waals surface area contributed by atoms with Gasteiger partial charge in [0.05, 0.1) is 24.7 Å². The summed E-state index contributed by atoms with van der Waals surface area (Å²) in [7, 11) is -1.55. The Bertz CT molecular complexity index is 650. The number of ether oxygens (including phenoxy) is 2. The molecule has 7 nitrogen and oxygen atoms in total. The molecule has 0 fully saturated rings.